The van der Waals surface area contributed by atoms with E-state index in [9.17, 15) is 22.8 Å². The summed E-state index contributed by atoms with van der Waals surface area (Å²) in [6, 6.07) is 32.5. The van der Waals surface area contributed by atoms with E-state index in [1.807, 2.05) is 97.1 Å². The van der Waals surface area contributed by atoms with E-state index in [0.29, 0.717) is 50.1 Å². The van der Waals surface area contributed by atoms with Crippen molar-refractivity contribution in [3.8, 4) is 22.3 Å². The molecule has 2 saturated heterocycles. The lowest BCUT2D eigenvalue weighted by atomic mass is 10.0. The Morgan fingerprint density at radius 3 is 1.46 bits per heavy atom. The molecule has 2 heterocycles. The normalized spacial score (nSPS) is 17.1. The maximum Gasteiger partial charge on any atom is 0.411 e. The molecule has 0 radical (unpaired) electrons. The summed E-state index contributed by atoms with van der Waals surface area (Å²) in [6.07, 6.45) is -5.02. The molecule has 262 valence electrons. The van der Waals surface area contributed by atoms with E-state index in [1.165, 1.54) is 4.90 Å². The highest BCUT2D eigenvalue weighted by atomic mass is 19.4. The van der Waals surface area contributed by atoms with Crippen molar-refractivity contribution in [1.82, 2.24) is 9.80 Å². The Morgan fingerprint density at radius 2 is 1.02 bits per heavy atom. The van der Waals surface area contributed by atoms with Gasteiger partial charge in [0.1, 0.15) is 18.2 Å². The summed E-state index contributed by atoms with van der Waals surface area (Å²) in [5.74, 6) is 0. The van der Waals surface area contributed by atoms with Crippen LogP contribution in [0.1, 0.15) is 25.7 Å². The Morgan fingerprint density at radius 1 is 0.620 bits per heavy atom. The van der Waals surface area contributed by atoms with Gasteiger partial charge in [0.15, 0.2) is 0 Å². The summed E-state index contributed by atoms with van der Waals surface area (Å²) in [5.41, 5.74) is 4.83. The van der Waals surface area contributed by atoms with E-state index >= 15 is 0 Å². The van der Waals surface area contributed by atoms with E-state index in [1.54, 1.807) is 17.0 Å². The number of alkyl halides is 3. The lowest BCUT2D eigenvalue weighted by Crippen LogP contribution is -2.56. The molecule has 4 aromatic rings. The maximum atomic E-state index is 14.4. The second-order valence-corrected chi connectivity index (χ2v) is 12.7. The van der Waals surface area contributed by atoms with Gasteiger partial charge in [-0.15, -0.1) is 0 Å². The topological polar surface area (TPSA) is 83.1 Å². The van der Waals surface area contributed by atoms with Crippen LogP contribution in [0.4, 0.5) is 34.1 Å². The van der Waals surface area contributed by atoms with E-state index in [2.05, 4.69) is 10.6 Å². The molecule has 2 amide bonds. The molecule has 0 saturated carbocycles. The summed E-state index contributed by atoms with van der Waals surface area (Å²) in [6.45, 7) is 0.916. The van der Waals surface area contributed by atoms with Crippen molar-refractivity contribution in [3.05, 3.63) is 109 Å². The molecule has 2 fully saturated rings. The first-order chi connectivity index (χ1) is 24.2. The number of amides is 2. The van der Waals surface area contributed by atoms with Gasteiger partial charge in [0.05, 0.1) is 11.4 Å². The molecule has 2 N–H and O–H groups in total. The van der Waals surface area contributed by atoms with Gasteiger partial charge in [-0.25, -0.2) is 9.59 Å². The summed E-state index contributed by atoms with van der Waals surface area (Å²) in [4.78, 5) is 28.8. The second kappa shape index (κ2) is 16.2. The van der Waals surface area contributed by atoms with Crippen LogP contribution in [0.2, 0.25) is 0 Å². The van der Waals surface area contributed by atoms with Gasteiger partial charge >= 0.3 is 18.4 Å². The Labute approximate surface area is 290 Å². The van der Waals surface area contributed by atoms with Gasteiger partial charge < -0.3 is 14.4 Å². The Balaban J connectivity index is 0.960. The van der Waals surface area contributed by atoms with E-state index in [0.717, 1.165) is 22.3 Å². The van der Waals surface area contributed by atoms with Gasteiger partial charge in [-0.3, -0.25) is 15.5 Å². The molecule has 0 spiro atoms. The largest absolute Gasteiger partial charge is 0.446 e. The predicted molar refractivity (Wildman–Crippen MR) is 188 cm³/mol. The SMILES string of the molecule is O=C(Nc1ccccc1-c1ccccc1)OC1CCN(CC(N2CCC(OC(=O)Nc3ccccc3-c3ccccc3)CC2)C(F)(F)F)CC1. The monoisotopic (exact) mass is 686 g/mol. The van der Waals surface area contributed by atoms with Crippen molar-refractivity contribution < 1.29 is 32.2 Å². The number of carbonyl (C=O) groups is 2. The number of hydrogen-bond donors (Lipinski definition) is 2. The molecule has 2 aliphatic rings. The first kappa shape index (κ1) is 35.0. The van der Waals surface area contributed by atoms with Crippen molar-refractivity contribution >= 4 is 23.6 Å². The first-order valence-corrected chi connectivity index (χ1v) is 17.0. The third kappa shape index (κ3) is 9.22. The van der Waals surface area contributed by atoms with Gasteiger partial charge in [0, 0.05) is 43.9 Å². The minimum Gasteiger partial charge on any atom is -0.446 e. The summed E-state index contributed by atoms with van der Waals surface area (Å²) >= 11 is 0. The Hall–Kier alpha value is -4.87. The van der Waals surface area contributed by atoms with Crippen LogP contribution in [-0.4, -0.2) is 79.1 Å². The van der Waals surface area contributed by atoms with E-state index < -0.39 is 36.6 Å². The second-order valence-electron chi connectivity index (χ2n) is 12.7. The molecule has 1 atom stereocenters. The third-order valence-corrected chi connectivity index (χ3v) is 9.31. The standard InChI is InChI=1S/C39H41F3N4O4/c40-39(41,42)36(46-25-21-31(22-26-46)50-38(48)44-35-18-10-8-16-33(35)29-13-5-2-6-14-29)27-45-23-19-30(20-24-45)49-37(47)43-34-17-9-7-15-32(34)28-11-3-1-4-12-28/h1-18,30-31,36H,19-27H2,(H,43,47)(H,44,48). The Kier molecular flexibility index (Phi) is 11.3. The van der Waals surface area contributed by atoms with Gasteiger partial charge in [-0.1, -0.05) is 97.1 Å². The van der Waals surface area contributed by atoms with Crippen LogP contribution >= 0.6 is 0 Å². The maximum absolute atomic E-state index is 14.4. The lowest BCUT2D eigenvalue weighted by Gasteiger charge is -2.41. The average molecular weight is 687 g/mol. The number of anilines is 2. The van der Waals surface area contributed by atoms with Crippen LogP contribution in [0.15, 0.2) is 109 Å². The smallest absolute Gasteiger partial charge is 0.411 e. The number of ether oxygens (including phenoxy) is 2. The number of benzene rings is 4. The molecule has 8 nitrogen and oxygen atoms in total. The number of likely N-dealkylation sites (tertiary alicyclic amines) is 2. The molecular formula is C39H41F3N4O4. The highest BCUT2D eigenvalue weighted by molar-refractivity contribution is 5.92. The van der Waals surface area contributed by atoms with Crippen molar-refractivity contribution in [2.45, 2.75) is 50.1 Å². The van der Waals surface area contributed by atoms with Crippen LogP contribution in [0.3, 0.4) is 0 Å². The number of carbonyl (C=O) groups excluding carboxylic acids is 2. The molecule has 50 heavy (non-hydrogen) atoms. The quantitative estimate of drug-likeness (QED) is 0.183. The van der Waals surface area contributed by atoms with E-state index in [4.69, 9.17) is 9.47 Å². The number of piperidine rings is 2. The summed E-state index contributed by atoms with van der Waals surface area (Å²) in [5, 5.41) is 5.64. The van der Waals surface area contributed by atoms with E-state index in [-0.39, 0.29) is 19.6 Å². The molecule has 0 aliphatic carbocycles. The van der Waals surface area contributed by atoms with Gasteiger partial charge in [0.2, 0.25) is 0 Å². The number of halogens is 3. The third-order valence-electron chi connectivity index (χ3n) is 9.31. The molecule has 0 bridgehead atoms. The van der Waals surface area contributed by atoms with Crippen LogP contribution < -0.4 is 10.6 Å². The molecule has 0 aromatic heterocycles. The van der Waals surface area contributed by atoms with Gasteiger partial charge in [-0.2, -0.15) is 13.2 Å². The molecular weight excluding hydrogens is 645 g/mol. The minimum absolute atomic E-state index is 0.160. The molecule has 2 aliphatic heterocycles. The number of para-hydroxylation sites is 2. The number of nitrogens with one attached hydrogen (secondary N) is 2. The van der Waals surface area contributed by atoms with Crippen molar-refractivity contribution in [2.75, 3.05) is 43.4 Å². The van der Waals surface area contributed by atoms with Crippen molar-refractivity contribution in [2.24, 2.45) is 0 Å². The molecule has 4 aromatic carbocycles. The van der Waals surface area contributed by atoms with Crippen molar-refractivity contribution in [3.63, 3.8) is 0 Å². The average Bonchev–Trinajstić information content (AvgIpc) is 3.12. The van der Waals surface area contributed by atoms with Gasteiger partial charge in [0.25, 0.3) is 0 Å². The fourth-order valence-electron chi connectivity index (χ4n) is 6.69. The number of nitrogens with zero attached hydrogens (tertiary/aromatic N) is 2. The van der Waals surface area contributed by atoms with Crippen LogP contribution in [0.5, 0.6) is 0 Å². The highest BCUT2D eigenvalue weighted by Crippen LogP contribution is 2.32. The zero-order valence-corrected chi connectivity index (χ0v) is 27.6. The lowest BCUT2D eigenvalue weighted by molar-refractivity contribution is -0.193. The molecule has 11 heteroatoms. The Bertz CT molecular complexity index is 1710. The van der Waals surface area contributed by atoms with Crippen LogP contribution in [0.25, 0.3) is 22.3 Å². The zero-order chi connectivity index (χ0) is 34.9. The van der Waals surface area contributed by atoms with Gasteiger partial charge in [-0.05, 0) is 48.9 Å². The van der Waals surface area contributed by atoms with Crippen molar-refractivity contribution in [1.29, 1.82) is 0 Å². The fourth-order valence-corrected chi connectivity index (χ4v) is 6.69. The number of rotatable bonds is 9. The fraction of sp³-hybridized carbons (Fsp3) is 0.333. The zero-order valence-electron chi connectivity index (χ0n) is 27.6. The molecule has 1 unspecified atom stereocenters. The highest BCUT2D eigenvalue weighted by Gasteiger charge is 2.46. The summed E-state index contributed by atoms with van der Waals surface area (Å²) < 4.78 is 54.4. The first-order valence-electron chi connectivity index (χ1n) is 17.0. The predicted octanol–water partition coefficient (Wildman–Crippen LogP) is 8.68. The molecule has 6 rings (SSSR count). The number of hydrogen-bond acceptors (Lipinski definition) is 6. The summed E-state index contributed by atoms with van der Waals surface area (Å²) in [7, 11) is 0. The van der Waals surface area contributed by atoms with Crippen LogP contribution in [0, 0.1) is 0 Å². The minimum atomic E-state index is -4.43. The van der Waals surface area contributed by atoms with Crippen LogP contribution in [-0.2, 0) is 9.47 Å².